The van der Waals surface area contributed by atoms with Crippen LogP contribution < -0.4 is 10.6 Å². The van der Waals surface area contributed by atoms with Crippen LogP contribution in [0, 0.1) is 18.3 Å². The highest BCUT2D eigenvalue weighted by molar-refractivity contribution is 5.67. The van der Waals surface area contributed by atoms with Gasteiger partial charge in [-0.15, -0.1) is 0 Å². The van der Waals surface area contributed by atoms with Crippen molar-refractivity contribution in [2.24, 2.45) is 0 Å². The fourth-order valence-corrected chi connectivity index (χ4v) is 3.11. The first kappa shape index (κ1) is 19.4. The van der Waals surface area contributed by atoms with Gasteiger partial charge < -0.3 is 20.3 Å². The number of nitrogens with zero attached hydrogens (tertiary/aromatic N) is 4. The number of rotatable bonds is 5. The second-order valence-electron chi connectivity index (χ2n) is 6.60. The van der Waals surface area contributed by atoms with Gasteiger partial charge in [-0.3, -0.25) is 0 Å². The molecule has 1 aromatic carbocycles. The highest BCUT2D eigenvalue weighted by Crippen LogP contribution is 2.21. The number of carbonyl (C=O) groups is 1. The number of likely N-dealkylation sites (tertiary alicyclic amines) is 1. The lowest BCUT2D eigenvalue weighted by Gasteiger charge is -2.31. The van der Waals surface area contributed by atoms with Gasteiger partial charge in [0.1, 0.15) is 17.5 Å². The lowest BCUT2D eigenvalue weighted by molar-refractivity contribution is 0.0983. The maximum absolute atomic E-state index is 11.8. The molecule has 1 fully saturated rings. The molecule has 2 aromatic rings. The zero-order valence-corrected chi connectivity index (χ0v) is 16.1. The van der Waals surface area contributed by atoms with Crippen LogP contribution in [0.15, 0.2) is 30.3 Å². The number of piperidine rings is 1. The molecule has 8 heteroatoms. The van der Waals surface area contributed by atoms with Crippen LogP contribution in [-0.2, 0) is 4.74 Å². The molecule has 1 aliphatic rings. The van der Waals surface area contributed by atoms with E-state index in [2.05, 4.69) is 26.7 Å². The van der Waals surface area contributed by atoms with Crippen molar-refractivity contribution in [3.05, 3.63) is 41.7 Å². The Kier molecular flexibility index (Phi) is 6.27. The summed E-state index contributed by atoms with van der Waals surface area (Å²) in [6.07, 6.45) is 1.42. The van der Waals surface area contributed by atoms with Crippen molar-refractivity contribution in [1.82, 2.24) is 14.9 Å². The molecule has 0 aliphatic carbocycles. The summed E-state index contributed by atoms with van der Waals surface area (Å²) in [7, 11) is 0. The predicted molar refractivity (Wildman–Crippen MR) is 106 cm³/mol. The molecule has 0 radical (unpaired) electrons. The van der Waals surface area contributed by atoms with Gasteiger partial charge in [-0.05, 0) is 51.0 Å². The molecule has 1 aromatic heterocycles. The summed E-state index contributed by atoms with van der Waals surface area (Å²) < 4.78 is 5.06. The van der Waals surface area contributed by atoms with Crippen LogP contribution in [0.4, 0.5) is 22.1 Å². The highest BCUT2D eigenvalue weighted by Gasteiger charge is 2.23. The van der Waals surface area contributed by atoms with E-state index in [1.165, 1.54) is 0 Å². The number of anilines is 3. The van der Waals surface area contributed by atoms with Gasteiger partial charge in [-0.1, -0.05) is 0 Å². The van der Waals surface area contributed by atoms with Crippen LogP contribution >= 0.6 is 0 Å². The van der Waals surface area contributed by atoms with Gasteiger partial charge in [0, 0.05) is 30.9 Å². The van der Waals surface area contributed by atoms with Gasteiger partial charge in [0.15, 0.2) is 0 Å². The molecule has 1 saturated heterocycles. The molecular formula is C20H24N6O2. The first-order valence-electron chi connectivity index (χ1n) is 9.38. The van der Waals surface area contributed by atoms with E-state index in [-0.39, 0.29) is 12.1 Å². The molecule has 28 heavy (non-hydrogen) atoms. The number of hydrogen-bond acceptors (Lipinski definition) is 7. The predicted octanol–water partition coefficient (Wildman–Crippen LogP) is 3.43. The van der Waals surface area contributed by atoms with Gasteiger partial charge in [-0.2, -0.15) is 5.26 Å². The SMILES string of the molecule is CCOC(=O)N1CCC(Nc2cc(Nc3ccc(C#N)cc3)nc(C)n2)CC1. The van der Waals surface area contributed by atoms with Gasteiger partial charge in [0.2, 0.25) is 0 Å². The summed E-state index contributed by atoms with van der Waals surface area (Å²) in [6, 6.07) is 11.4. The van der Waals surface area contributed by atoms with Crippen molar-refractivity contribution in [3.63, 3.8) is 0 Å². The van der Waals surface area contributed by atoms with E-state index in [1.54, 1.807) is 17.0 Å². The summed E-state index contributed by atoms with van der Waals surface area (Å²) in [4.78, 5) is 22.4. The monoisotopic (exact) mass is 380 g/mol. The Morgan fingerprint density at radius 3 is 2.57 bits per heavy atom. The van der Waals surface area contributed by atoms with Crippen molar-refractivity contribution in [1.29, 1.82) is 5.26 Å². The van der Waals surface area contributed by atoms with Gasteiger partial charge in [-0.25, -0.2) is 14.8 Å². The number of ether oxygens (including phenoxy) is 1. The molecule has 0 unspecified atom stereocenters. The van der Waals surface area contributed by atoms with Crippen LogP contribution in [-0.4, -0.2) is 46.7 Å². The Balaban J connectivity index is 1.60. The van der Waals surface area contributed by atoms with E-state index in [9.17, 15) is 4.79 Å². The number of benzene rings is 1. The third-order valence-corrected chi connectivity index (χ3v) is 4.50. The minimum Gasteiger partial charge on any atom is -0.450 e. The van der Waals surface area contributed by atoms with E-state index in [1.807, 2.05) is 32.0 Å². The number of aromatic nitrogens is 2. The Morgan fingerprint density at radius 1 is 1.25 bits per heavy atom. The van der Waals surface area contributed by atoms with E-state index in [0.717, 1.165) is 24.3 Å². The molecule has 3 rings (SSSR count). The van der Waals surface area contributed by atoms with Crippen LogP contribution in [0.2, 0.25) is 0 Å². The maximum atomic E-state index is 11.8. The lowest BCUT2D eigenvalue weighted by atomic mass is 10.1. The number of aryl methyl sites for hydroxylation is 1. The summed E-state index contributed by atoms with van der Waals surface area (Å²) in [5, 5.41) is 15.6. The molecule has 1 amide bonds. The van der Waals surface area contributed by atoms with Crippen molar-refractivity contribution < 1.29 is 9.53 Å². The van der Waals surface area contributed by atoms with Gasteiger partial charge >= 0.3 is 6.09 Å². The first-order valence-corrected chi connectivity index (χ1v) is 9.38. The smallest absolute Gasteiger partial charge is 0.409 e. The highest BCUT2D eigenvalue weighted by atomic mass is 16.6. The quantitative estimate of drug-likeness (QED) is 0.819. The molecule has 0 spiro atoms. The summed E-state index contributed by atoms with van der Waals surface area (Å²) in [5.74, 6) is 2.09. The second-order valence-corrected chi connectivity index (χ2v) is 6.60. The Morgan fingerprint density at radius 2 is 1.93 bits per heavy atom. The van der Waals surface area contributed by atoms with Crippen molar-refractivity contribution in [2.45, 2.75) is 32.7 Å². The van der Waals surface area contributed by atoms with Crippen molar-refractivity contribution in [2.75, 3.05) is 30.3 Å². The molecule has 146 valence electrons. The third-order valence-electron chi connectivity index (χ3n) is 4.50. The van der Waals surface area contributed by atoms with Crippen LogP contribution in [0.5, 0.6) is 0 Å². The molecule has 2 heterocycles. The lowest BCUT2D eigenvalue weighted by Crippen LogP contribution is -2.42. The van der Waals surface area contributed by atoms with E-state index in [4.69, 9.17) is 10.00 Å². The van der Waals surface area contributed by atoms with Crippen LogP contribution in [0.25, 0.3) is 0 Å². The van der Waals surface area contributed by atoms with Crippen LogP contribution in [0.1, 0.15) is 31.2 Å². The molecular weight excluding hydrogens is 356 g/mol. The minimum absolute atomic E-state index is 0.239. The third kappa shape index (κ3) is 5.10. The molecule has 0 atom stereocenters. The average Bonchev–Trinajstić information content (AvgIpc) is 2.69. The largest absolute Gasteiger partial charge is 0.450 e. The Bertz CT molecular complexity index is 854. The van der Waals surface area contributed by atoms with Gasteiger partial charge in [0.05, 0.1) is 18.2 Å². The first-order chi connectivity index (χ1) is 13.6. The summed E-state index contributed by atoms with van der Waals surface area (Å²) >= 11 is 0. The normalized spacial score (nSPS) is 14.2. The number of carbonyl (C=O) groups excluding carboxylic acids is 1. The fourth-order valence-electron chi connectivity index (χ4n) is 3.11. The molecule has 1 aliphatic heterocycles. The van der Waals surface area contributed by atoms with Gasteiger partial charge in [0.25, 0.3) is 0 Å². The molecule has 2 N–H and O–H groups in total. The standard InChI is InChI=1S/C20H24N6O2/c1-3-28-20(27)26-10-8-17(9-11-26)25-19-12-18(22-14(2)23-19)24-16-6-4-15(13-21)5-7-16/h4-7,12,17H,3,8-11H2,1-2H3,(H2,22,23,24,25). The molecule has 8 nitrogen and oxygen atoms in total. The zero-order chi connectivity index (χ0) is 19.9. The number of amides is 1. The van der Waals surface area contributed by atoms with Crippen molar-refractivity contribution >= 4 is 23.4 Å². The topological polar surface area (TPSA) is 103 Å². The number of nitriles is 1. The zero-order valence-electron chi connectivity index (χ0n) is 16.1. The maximum Gasteiger partial charge on any atom is 0.409 e. The van der Waals surface area contributed by atoms with E-state index >= 15 is 0 Å². The van der Waals surface area contributed by atoms with Crippen LogP contribution in [0.3, 0.4) is 0 Å². The summed E-state index contributed by atoms with van der Waals surface area (Å²) in [6.45, 7) is 5.38. The summed E-state index contributed by atoms with van der Waals surface area (Å²) in [5.41, 5.74) is 1.46. The Hall–Kier alpha value is -3.34. The number of nitrogens with one attached hydrogen (secondary N) is 2. The minimum atomic E-state index is -0.243. The Labute approximate surface area is 164 Å². The van der Waals surface area contributed by atoms with E-state index in [0.29, 0.717) is 36.9 Å². The molecule has 0 bridgehead atoms. The fraction of sp³-hybridized carbons (Fsp3) is 0.400. The molecule has 0 saturated carbocycles. The second kappa shape index (κ2) is 9.04. The van der Waals surface area contributed by atoms with E-state index < -0.39 is 0 Å². The average molecular weight is 380 g/mol. The number of hydrogen-bond donors (Lipinski definition) is 2. The van der Waals surface area contributed by atoms with Crippen molar-refractivity contribution in [3.8, 4) is 6.07 Å².